The molecule has 1 fully saturated rings. The lowest BCUT2D eigenvalue weighted by atomic mass is 10.1. The summed E-state index contributed by atoms with van der Waals surface area (Å²) in [6.07, 6.45) is -3.51. The molecule has 1 heterocycles. The largest absolute Gasteiger partial charge is 0.573 e. The van der Waals surface area contributed by atoms with Gasteiger partial charge in [-0.3, -0.25) is 0 Å². The molecular weight excluding hydrogens is 281 g/mol. The molecule has 0 bridgehead atoms. The van der Waals surface area contributed by atoms with E-state index in [1.165, 1.54) is 6.07 Å². The van der Waals surface area contributed by atoms with Gasteiger partial charge in [0.15, 0.2) is 0 Å². The highest BCUT2D eigenvalue weighted by Crippen LogP contribution is 2.26. The monoisotopic (exact) mass is 302 g/mol. The maximum atomic E-state index is 12.3. The fraction of sp³-hybridized carbons (Fsp3) is 0.600. The van der Waals surface area contributed by atoms with Gasteiger partial charge in [0.2, 0.25) is 0 Å². The molecule has 6 heteroatoms. The third-order valence-electron chi connectivity index (χ3n) is 3.76. The molecule has 1 unspecified atom stereocenters. The first-order valence-corrected chi connectivity index (χ1v) is 7.24. The SMILES string of the molecule is CCN1CCC(CNCc2ccccc2OC(F)(F)F)C1. The first-order chi connectivity index (χ1) is 9.98. The highest BCUT2D eigenvalue weighted by atomic mass is 19.4. The van der Waals surface area contributed by atoms with Crippen molar-refractivity contribution in [1.82, 2.24) is 10.2 Å². The lowest BCUT2D eigenvalue weighted by Gasteiger charge is -2.16. The second-order valence-corrected chi connectivity index (χ2v) is 5.33. The minimum absolute atomic E-state index is 0.126. The zero-order valence-corrected chi connectivity index (χ0v) is 12.1. The van der Waals surface area contributed by atoms with E-state index < -0.39 is 6.36 Å². The quantitative estimate of drug-likeness (QED) is 0.874. The van der Waals surface area contributed by atoms with Crippen molar-refractivity contribution in [3.63, 3.8) is 0 Å². The Labute approximate surface area is 123 Å². The maximum absolute atomic E-state index is 12.3. The van der Waals surface area contributed by atoms with Crippen molar-refractivity contribution in [3.8, 4) is 5.75 Å². The van der Waals surface area contributed by atoms with E-state index in [1.54, 1.807) is 18.2 Å². The average Bonchev–Trinajstić information content (AvgIpc) is 2.87. The Bertz CT molecular complexity index is 451. The molecule has 2 rings (SSSR count). The van der Waals surface area contributed by atoms with Crippen LogP contribution in [0.4, 0.5) is 13.2 Å². The lowest BCUT2D eigenvalue weighted by molar-refractivity contribution is -0.274. The van der Waals surface area contributed by atoms with E-state index in [0.717, 1.165) is 32.6 Å². The van der Waals surface area contributed by atoms with E-state index >= 15 is 0 Å². The first kappa shape index (κ1) is 16.1. The Balaban J connectivity index is 1.83. The molecule has 1 aromatic rings. The van der Waals surface area contributed by atoms with Crippen molar-refractivity contribution >= 4 is 0 Å². The van der Waals surface area contributed by atoms with Gasteiger partial charge in [-0.25, -0.2) is 0 Å². The van der Waals surface area contributed by atoms with Gasteiger partial charge in [-0.05, 0) is 38.0 Å². The van der Waals surface area contributed by atoms with Crippen LogP contribution in [-0.4, -0.2) is 37.4 Å². The number of nitrogens with zero attached hydrogens (tertiary/aromatic N) is 1. The van der Waals surface area contributed by atoms with Crippen molar-refractivity contribution in [1.29, 1.82) is 0 Å². The minimum atomic E-state index is -4.65. The predicted octanol–water partition coefficient (Wildman–Crippen LogP) is 3.02. The Kier molecular flexibility index (Phi) is 5.47. The summed E-state index contributed by atoms with van der Waals surface area (Å²) in [5.74, 6) is 0.444. The standard InChI is InChI=1S/C15H21F3N2O/c1-2-20-8-7-12(11-20)9-19-10-13-5-3-4-6-14(13)21-15(16,17)18/h3-6,12,19H,2,7-11H2,1H3. The van der Waals surface area contributed by atoms with Crippen LogP contribution >= 0.6 is 0 Å². The molecule has 0 aromatic heterocycles. The zero-order valence-electron chi connectivity index (χ0n) is 12.1. The van der Waals surface area contributed by atoms with Gasteiger partial charge in [-0.2, -0.15) is 0 Å². The van der Waals surface area contributed by atoms with Crippen LogP contribution in [0, 0.1) is 5.92 Å². The van der Waals surface area contributed by atoms with Gasteiger partial charge in [0, 0.05) is 18.7 Å². The molecule has 21 heavy (non-hydrogen) atoms. The van der Waals surface area contributed by atoms with Crippen LogP contribution in [0.15, 0.2) is 24.3 Å². The number of para-hydroxylation sites is 1. The van der Waals surface area contributed by atoms with Crippen LogP contribution in [0.1, 0.15) is 18.9 Å². The van der Waals surface area contributed by atoms with Gasteiger partial charge in [0.1, 0.15) is 5.75 Å². The number of benzene rings is 1. The van der Waals surface area contributed by atoms with E-state index in [-0.39, 0.29) is 5.75 Å². The van der Waals surface area contributed by atoms with Gasteiger partial charge in [-0.1, -0.05) is 25.1 Å². The van der Waals surface area contributed by atoms with Gasteiger partial charge < -0.3 is 15.0 Å². The van der Waals surface area contributed by atoms with Gasteiger partial charge in [0.05, 0.1) is 0 Å². The number of hydrogen-bond donors (Lipinski definition) is 1. The van der Waals surface area contributed by atoms with Crippen LogP contribution in [0.25, 0.3) is 0 Å². The van der Waals surface area contributed by atoms with E-state index in [4.69, 9.17) is 0 Å². The van der Waals surface area contributed by atoms with Gasteiger partial charge in [0.25, 0.3) is 0 Å². The van der Waals surface area contributed by atoms with Gasteiger partial charge in [-0.15, -0.1) is 13.2 Å². The van der Waals surface area contributed by atoms with E-state index in [1.807, 2.05) is 0 Å². The van der Waals surface area contributed by atoms with Crippen LogP contribution < -0.4 is 10.1 Å². The van der Waals surface area contributed by atoms with Crippen molar-refractivity contribution in [3.05, 3.63) is 29.8 Å². The Hall–Kier alpha value is -1.27. The number of rotatable bonds is 6. The summed E-state index contributed by atoms with van der Waals surface area (Å²) in [4.78, 5) is 2.38. The number of halogens is 3. The number of hydrogen-bond acceptors (Lipinski definition) is 3. The molecule has 0 aliphatic carbocycles. The molecule has 0 amide bonds. The smallest absolute Gasteiger partial charge is 0.405 e. The van der Waals surface area contributed by atoms with E-state index in [9.17, 15) is 13.2 Å². The average molecular weight is 302 g/mol. The van der Waals surface area contributed by atoms with Gasteiger partial charge >= 0.3 is 6.36 Å². The summed E-state index contributed by atoms with van der Waals surface area (Å²) < 4.78 is 41.0. The molecule has 0 spiro atoms. The first-order valence-electron chi connectivity index (χ1n) is 7.24. The fourth-order valence-electron chi connectivity index (χ4n) is 2.65. The number of ether oxygens (including phenoxy) is 1. The topological polar surface area (TPSA) is 24.5 Å². The summed E-state index contributed by atoms with van der Waals surface area (Å²) in [6, 6.07) is 6.26. The van der Waals surface area contributed by atoms with Crippen molar-refractivity contribution < 1.29 is 17.9 Å². The second kappa shape index (κ2) is 7.13. The second-order valence-electron chi connectivity index (χ2n) is 5.33. The molecule has 1 aromatic carbocycles. The van der Waals surface area contributed by atoms with Crippen LogP contribution in [0.2, 0.25) is 0 Å². The number of alkyl halides is 3. The van der Waals surface area contributed by atoms with Crippen molar-refractivity contribution in [2.75, 3.05) is 26.2 Å². The number of likely N-dealkylation sites (tertiary alicyclic amines) is 1. The fourth-order valence-corrected chi connectivity index (χ4v) is 2.65. The molecule has 1 saturated heterocycles. The molecule has 1 N–H and O–H groups in total. The van der Waals surface area contributed by atoms with Crippen LogP contribution in [0.3, 0.4) is 0 Å². The lowest BCUT2D eigenvalue weighted by Crippen LogP contribution is -2.26. The summed E-state index contributed by atoms with van der Waals surface area (Å²) in [6.45, 7) is 6.56. The molecule has 1 aliphatic heterocycles. The Morgan fingerprint density at radius 2 is 2.10 bits per heavy atom. The minimum Gasteiger partial charge on any atom is -0.405 e. The summed E-state index contributed by atoms with van der Waals surface area (Å²) in [5.41, 5.74) is 0.528. The van der Waals surface area contributed by atoms with Crippen molar-refractivity contribution in [2.24, 2.45) is 5.92 Å². The van der Waals surface area contributed by atoms with Crippen molar-refractivity contribution in [2.45, 2.75) is 26.3 Å². The highest BCUT2D eigenvalue weighted by molar-refractivity contribution is 5.33. The molecule has 0 saturated carbocycles. The molecular formula is C15H21F3N2O. The van der Waals surface area contributed by atoms with Crippen LogP contribution in [-0.2, 0) is 6.54 Å². The molecule has 0 radical (unpaired) electrons. The van der Waals surface area contributed by atoms with Crippen LogP contribution in [0.5, 0.6) is 5.75 Å². The number of nitrogens with one attached hydrogen (secondary N) is 1. The Morgan fingerprint density at radius 3 is 2.76 bits per heavy atom. The normalized spacial score (nSPS) is 19.9. The van der Waals surface area contributed by atoms with E-state index in [0.29, 0.717) is 18.0 Å². The molecule has 1 atom stereocenters. The zero-order chi connectivity index (χ0) is 15.3. The summed E-state index contributed by atoms with van der Waals surface area (Å²) >= 11 is 0. The molecule has 118 valence electrons. The highest BCUT2D eigenvalue weighted by Gasteiger charge is 2.32. The maximum Gasteiger partial charge on any atom is 0.573 e. The molecule has 3 nitrogen and oxygen atoms in total. The van der Waals surface area contributed by atoms with E-state index in [2.05, 4.69) is 21.9 Å². The predicted molar refractivity (Wildman–Crippen MR) is 75.1 cm³/mol. The molecule has 1 aliphatic rings. The third-order valence-corrected chi connectivity index (χ3v) is 3.76. The third kappa shape index (κ3) is 5.21. The summed E-state index contributed by atoms with van der Waals surface area (Å²) in [7, 11) is 0. The summed E-state index contributed by atoms with van der Waals surface area (Å²) in [5, 5.41) is 3.24. The Morgan fingerprint density at radius 1 is 1.33 bits per heavy atom.